The first kappa shape index (κ1) is 14.6. The van der Waals surface area contributed by atoms with Crippen molar-refractivity contribution < 1.29 is 8.78 Å². The quantitative estimate of drug-likeness (QED) is 0.747. The lowest BCUT2D eigenvalue weighted by Gasteiger charge is -2.09. The fourth-order valence-corrected chi connectivity index (χ4v) is 2.47. The summed E-state index contributed by atoms with van der Waals surface area (Å²) in [6.45, 7) is 0.459. The molecule has 1 aromatic heterocycles. The second-order valence-electron chi connectivity index (χ2n) is 4.92. The van der Waals surface area contributed by atoms with E-state index in [1.807, 2.05) is 34.9 Å². The Morgan fingerprint density at radius 1 is 1.14 bits per heavy atom. The van der Waals surface area contributed by atoms with Crippen molar-refractivity contribution in [3.63, 3.8) is 0 Å². The topological polar surface area (TPSA) is 43.8 Å². The SMILES string of the molecule is NC(=S)CCn1c(-c2ccccc2)nc2cc(F)c(F)cc21. The number of imidazole rings is 1. The van der Waals surface area contributed by atoms with Crippen LogP contribution in [0.25, 0.3) is 22.4 Å². The van der Waals surface area contributed by atoms with Gasteiger partial charge in [-0.1, -0.05) is 42.5 Å². The van der Waals surface area contributed by atoms with Crippen molar-refractivity contribution in [2.75, 3.05) is 0 Å². The first-order chi connectivity index (χ1) is 10.6. The second kappa shape index (κ2) is 5.81. The van der Waals surface area contributed by atoms with Crippen LogP contribution in [0.15, 0.2) is 42.5 Å². The van der Waals surface area contributed by atoms with Crippen LogP contribution >= 0.6 is 12.2 Å². The van der Waals surface area contributed by atoms with Gasteiger partial charge in [0, 0.05) is 30.7 Å². The summed E-state index contributed by atoms with van der Waals surface area (Å²) in [6, 6.07) is 11.7. The molecule has 2 N–H and O–H groups in total. The lowest BCUT2D eigenvalue weighted by Crippen LogP contribution is -2.12. The normalized spacial score (nSPS) is 11.0. The molecule has 3 nitrogen and oxygen atoms in total. The summed E-state index contributed by atoms with van der Waals surface area (Å²) < 4.78 is 28.8. The second-order valence-corrected chi connectivity index (χ2v) is 5.45. The van der Waals surface area contributed by atoms with Gasteiger partial charge in [0.05, 0.1) is 16.0 Å². The molecule has 0 atom stereocenters. The van der Waals surface area contributed by atoms with E-state index in [1.54, 1.807) is 0 Å². The fourth-order valence-electron chi connectivity index (χ4n) is 2.38. The summed E-state index contributed by atoms with van der Waals surface area (Å²) in [5, 5.41) is 0. The van der Waals surface area contributed by atoms with Crippen molar-refractivity contribution >= 4 is 28.2 Å². The molecule has 1 heterocycles. The number of fused-ring (bicyclic) bond motifs is 1. The Balaban J connectivity index is 2.21. The number of nitrogens with zero attached hydrogens (tertiary/aromatic N) is 2. The van der Waals surface area contributed by atoms with E-state index >= 15 is 0 Å². The molecule has 0 unspecified atom stereocenters. The third-order valence-electron chi connectivity index (χ3n) is 3.40. The summed E-state index contributed by atoms with van der Waals surface area (Å²) in [6.07, 6.45) is 0.458. The van der Waals surface area contributed by atoms with Gasteiger partial charge in [-0.05, 0) is 0 Å². The van der Waals surface area contributed by atoms with Crippen LogP contribution in [0.3, 0.4) is 0 Å². The molecule has 0 radical (unpaired) electrons. The zero-order chi connectivity index (χ0) is 15.7. The predicted octanol–water partition coefficient (Wildman–Crippen LogP) is 3.66. The molecule has 112 valence electrons. The highest BCUT2D eigenvalue weighted by molar-refractivity contribution is 7.80. The summed E-state index contributed by atoms with van der Waals surface area (Å²) in [7, 11) is 0. The van der Waals surface area contributed by atoms with E-state index in [2.05, 4.69) is 4.98 Å². The number of benzene rings is 2. The Morgan fingerprint density at radius 2 is 1.82 bits per heavy atom. The molecule has 0 bridgehead atoms. The Hall–Kier alpha value is -2.34. The van der Waals surface area contributed by atoms with Crippen LogP contribution in [-0.4, -0.2) is 14.5 Å². The maximum atomic E-state index is 13.6. The van der Waals surface area contributed by atoms with E-state index in [4.69, 9.17) is 18.0 Å². The number of hydrogen-bond acceptors (Lipinski definition) is 2. The first-order valence-electron chi connectivity index (χ1n) is 6.75. The van der Waals surface area contributed by atoms with Gasteiger partial charge in [0.1, 0.15) is 5.82 Å². The van der Waals surface area contributed by atoms with Crippen molar-refractivity contribution in [1.82, 2.24) is 9.55 Å². The zero-order valence-electron chi connectivity index (χ0n) is 11.6. The smallest absolute Gasteiger partial charge is 0.161 e. The molecule has 3 aromatic rings. The molecular formula is C16H13F2N3S. The number of rotatable bonds is 4. The number of aryl methyl sites for hydroxylation is 1. The van der Waals surface area contributed by atoms with Gasteiger partial charge in [-0.15, -0.1) is 0 Å². The number of thiocarbonyl (C=S) groups is 1. The van der Waals surface area contributed by atoms with Crippen LogP contribution in [0.1, 0.15) is 6.42 Å². The van der Waals surface area contributed by atoms with Crippen LogP contribution in [-0.2, 0) is 6.54 Å². The van der Waals surface area contributed by atoms with E-state index in [9.17, 15) is 8.78 Å². The molecular weight excluding hydrogens is 304 g/mol. The minimum absolute atomic E-state index is 0.364. The van der Waals surface area contributed by atoms with Gasteiger partial charge in [-0.2, -0.15) is 0 Å². The average molecular weight is 317 g/mol. The molecule has 0 amide bonds. The Kier molecular flexibility index (Phi) is 3.85. The maximum absolute atomic E-state index is 13.6. The van der Waals surface area contributed by atoms with Gasteiger partial charge in [0.2, 0.25) is 0 Å². The molecule has 22 heavy (non-hydrogen) atoms. The average Bonchev–Trinajstić information content (AvgIpc) is 2.84. The Bertz CT molecular complexity index is 843. The number of halogens is 2. The van der Waals surface area contributed by atoms with Crippen LogP contribution in [0.2, 0.25) is 0 Å². The number of aromatic nitrogens is 2. The van der Waals surface area contributed by atoms with E-state index in [0.29, 0.717) is 34.8 Å². The molecule has 0 aliphatic heterocycles. The van der Waals surface area contributed by atoms with E-state index in [1.165, 1.54) is 0 Å². The molecule has 3 rings (SSSR count). The van der Waals surface area contributed by atoms with E-state index < -0.39 is 11.6 Å². The molecule has 0 fully saturated rings. The van der Waals surface area contributed by atoms with Crippen LogP contribution < -0.4 is 5.73 Å². The van der Waals surface area contributed by atoms with E-state index in [0.717, 1.165) is 17.7 Å². The Labute approximate surface area is 131 Å². The van der Waals surface area contributed by atoms with Crippen LogP contribution in [0, 0.1) is 11.6 Å². The monoisotopic (exact) mass is 317 g/mol. The van der Waals surface area contributed by atoms with Crippen molar-refractivity contribution in [2.45, 2.75) is 13.0 Å². The standard InChI is InChI=1S/C16H13F2N3S/c17-11-8-13-14(9-12(11)18)21(7-6-15(19)22)16(20-13)10-4-2-1-3-5-10/h1-5,8-9H,6-7H2,(H2,19,22). The van der Waals surface area contributed by atoms with Gasteiger partial charge in [-0.25, -0.2) is 13.8 Å². The highest BCUT2D eigenvalue weighted by atomic mass is 32.1. The molecule has 0 aliphatic rings. The molecule has 0 saturated heterocycles. The third kappa shape index (κ3) is 2.69. The maximum Gasteiger partial charge on any atom is 0.161 e. The molecule has 6 heteroatoms. The summed E-state index contributed by atoms with van der Waals surface area (Å²) >= 11 is 4.91. The third-order valence-corrected chi connectivity index (χ3v) is 3.61. The van der Waals surface area contributed by atoms with Crippen molar-refractivity contribution in [3.05, 3.63) is 54.1 Å². The molecule has 0 spiro atoms. The number of hydrogen-bond donors (Lipinski definition) is 1. The van der Waals surface area contributed by atoms with Gasteiger partial charge < -0.3 is 10.3 Å². The summed E-state index contributed by atoms with van der Waals surface area (Å²) in [5.74, 6) is -1.17. The first-order valence-corrected chi connectivity index (χ1v) is 7.16. The molecule has 0 aliphatic carbocycles. The summed E-state index contributed by atoms with van der Waals surface area (Å²) in [4.78, 5) is 4.80. The summed E-state index contributed by atoms with van der Waals surface area (Å²) in [5.41, 5.74) is 7.35. The minimum atomic E-state index is -0.911. The van der Waals surface area contributed by atoms with Crippen molar-refractivity contribution in [3.8, 4) is 11.4 Å². The predicted molar refractivity (Wildman–Crippen MR) is 86.5 cm³/mol. The van der Waals surface area contributed by atoms with Gasteiger partial charge >= 0.3 is 0 Å². The minimum Gasteiger partial charge on any atom is -0.393 e. The highest BCUT2D eigenvalue weighted by Gasteiger charge is 2.15. The van der Waals surface area contributed by atoms with Crippen LogP contribution in [0.4, 0.5) is 8.78 Å². The zero-order valence-corrected chi connectivity index (χ0v) is 12.4. The Morgan fingerprint density at radius 3 is 2.50 bits per heavy atom. The lowest BCUT2D eigenvalue weighted by molar-refractivity contribution is 0.510. The molecule has 2 aromatic carbocycles. The van der Waals surface area contributed by atoms with Crippen molar-refractivity contribution in [2.24, 2.45) is 5.73 Å². The molecule has 0 saturated carbocycles. The lowest BCUT2D eigenvalue weighted by atomic mass is 10.2. The van der Waals surface area contributed by atoms with E-state index in [-0.39, 0.29) is 0 Å². The highest BCUT2D eigenvalue weighted by Crippen LogP contribution is 2.26. The largest absolute Gasteiger partial charge is 0.393 e. The van der Waals surface area contributed by atoms with Gasteiger partial charge in [0.15, 0.2) is 11.6 Å². The van der Waals surface area contributed by atoms with Crippen LogP contribution in [0.5, 0.6) is 0 Å². The van der Waals surface area contributed by atoms with Gasteiger partial charge in [-0.3, -0.25) is 0 Å². The van der Waals surface area contributed by atoms with Crippen molar-refractivity contribution in [1.29, 1.82) is 0 Å². The number of nitrogens with two attached hydrogens (primary N) is 1. The van der Waals surface area contributed by atoms with Gasteiger partial charge in [0.25, 0.3) is 0 Å². The fraction of sp³-hybridized carbons (Fsp3) is 0.125.